The summed E-state index contributed by atoms with van der Waals surface area (Å²) >= 11 is 0. The summed E-state index contributed by atoms with van der Waals surface area (Å²) in [7, 11) is 0. The van der Waals surface area contributed by atoms with Crippen LogP contribution in [0.5, 0.6) is 0 Å². The average Bonchev–Trinajstić information content (AvgIpc) is 2.70. The van der Waals surface area contributed by atoms with E-state index in [0.29, 0.717) is 32.1 Å². The second-order valence-electron chi connectivity index (χ2n) is 8.58. The van der Waals surface area contributed by atoms with Crippen LogP contribution in [0.25, 0.3) is 0 Å². The summed E-state index contributed by atoms with van der Waals surface area (Å²) < 4.78 is 5.20. The van der Waals surface area contributed by atoms with Crippen LogP contribution in [-0.2, 0) is 19.1 Å². The van der Waals surface area contributed by atoms with Crippen LogP contribution in [0.1, 0.15) is 53.4 Å². The second-order valence-corrected chi connectivity index (χ2v) is 8.58. The lowest BCUT2D eigenvalue weighted by Crippen LogP contribution is -2.54. The minimum absolute atomic E-state index is 0.0594. The number of hydrogen-bond donors (Lipinski definition) is 7. The molecule has 0 aromatic heterocycles. The molecule has 3 amide bonds. The Morgan fingerprint density at radius 1 is 0.882 bits per heavy atom. The third-order valence-corrected chi connectivity index (χ3v) is 4.16. The standard InChI is InChI=1S/C20H39N9O5/c1-12(15(31)28-13(11-30)7-5-9-25-17(21)22)27-16(32)14(8-6-10-26-18(23)24)29-19(33)34-20(2,3)4/h11-14H,5-10H2,1-4H3,(H,27,32)(H,28,31)(H,29,33)(H4,21,22,25)(H4,23,24,26)/t12?,13-,14+/m0/s1. The van der Waals surface area contributed by atoms with Crippen molar-refractivity contribution in [3.8, 4) is 0 Å². The molecular weight excluding hydrogens is 446 g/mol. The highest BCUT2D eigenvalue weighted by molar-refractivity contribution is 5.91. The third kappa shape index (κ3) is 15.3. The topological polar surface area (TPSA) is 242 Å². The summed E-state index contributed by atoms with van der Waals surface area (Å²) in [5.74, 6) is -1.32. The SMILES string of the molecule is CC(NC(=O)[C@@H](CCCN=C(N)N)NC(=O)OC(C)(C)C)C(=O)N[C@H](C=O)CCCN=C(N)N. The lowest BCUT2D eigenvalue weighted by molar-refractivity contribution is -0.130. The van der Waals surface area contributed by atoms with E-state index in [1.807, 2.05) is 0 Å². The van der Waals surface area contributed by atoms with Gasteiger partial charge in [0.2, 0.25) is 11.8 Å². The van der Waals surface area contributed by atoms with Crippen LogP contribution in [0.4, 0.5) is 4.79 Å². The normalized spacial score (nSPS) is 13.4. The fourth-order valence-electron chi connectivity index (χ4n) is 2.60. The first kappa shape index (κ1) is 30.4. The zero-order valence-electron chi connectivity index (χ0n) is 20.3. The van der Waals surface area contributed by atoms with Gasteiger partial charge in [-0.25, -0.2) is 4.79 Å². The van der Waals surface area contributed by atoms with Crippen molar-refractivity contribution in [1.29, 1.82) is 0 Å². The first-order chi connectivity index (χ1) is 15.7. The Morgan fingerprint density at radius 2 is 1.41 bits per heavy atom. The minimum Gasteiger partial charge on any atom is -0.444 e. The molecule has 0 saturated carbocycles. The molecule has 0 rings (SSSR count). The zero-order chi connectivity index (χ0) is 26.3. The number of nitrogens with two attached hydrogens (primary N) is 4. The molecule has 11 N–H and O–H groups in total. The van der Waals surface area contributed by atoms with E-state index in [-0.39, 0.29) is 24.9 Å². The van der Waals surface area contributed by atoms with Crippen molar-refractivity contribution < 1.29 is 23.9 Å². The number of hydrogen-bond acceptors (Lipinski definition) is 7. The predicted molar refractivity (Wildman–Crippen MR) is 129 cm³/mol. The lowest BCUT2D eigenvalue weighted by atomic mass is 10.1. The number of guanidine groups is 2. The van der Waals surface area contributed by atoms with E-state index in [9.17, 15) is 19.2 Å². The van der Waals surface area contributed by atoms with Gasteiger partial charge >= 0.3 is 6.09 Å². The van der Waals surface area contributed by atoms with Crippen LogP contribution in [0.3, 0.4) is 0 Å². The first-order valence-electron chi connectivity index (χ1n) is 10.9. The Bertz CT molecular complexity index is 741. The van der Waals surface area contributed by atoms with E-state index in [1.165, 1.54) is 6.92 Å². The molecule has 0 heterocycles. The molecule has 0 aliphatic heterocycles. The molecular formula is C20H39N9O5. The van der Waals surface area contributed by atoms with Gasteiger partial charge in [0.15, 0.2) is 11.9 Å². The summed E-state index contributed by atoms with van der Waals surface area (Å²) in [4.78, 5) is 56.3. The quantitative estimate of drug-likeness (QED) is 0.0632. The molecule has 0 aliphatic carbocycles. The Morgan fingerprint density at radius 3 is 1.88 bits per heavy atom. The van der Waals surface area contributed by atoms with E-state index < -0.39 is 41.6 Å². The van der Waals surface area contributed by atoms with Crippen molar-refractivity contribution in [3.63, 3.8) is 0 Å². The molecule has 0 aromatic rings. The summed E-state index contributed by atoms with van der Waals surface area (Å²) in [6.07, 6.45) is 1.18. The Labute approximate surface area is 199 Å². The van der Waals surface area contributed by atoms with Gasteiger partial charge in [-0.2, -0.15) is 0 Å². The first-order valence-corrected chi connectivity index (χ1v) is 10.9. The monoisotopic (exact) mass is 485 g/mol. The molecule has 0 saturated heterocycles. The largest absolute Gasteiger partial charge is 0.444 e. The Hall–Kier alpha value is -3.58. The fraction of sp³-hybridized carbons (Fsp3) is 0.700. The molecule has 0 fully saturated rings. The highest BCUT2D eigenvalue weighted by atomic mass is 16.6. The maximum absolute atomic E-state index is 12.8. The number of aldehydes is 1. The van der Waals surface area contributed by atoms with Crippen LogP contribution in [-0.4, -0.2) is 72.9 Å². The summed E-state index contributed by atoms with van der Waals surface area (Å²) in [5, 5.41) is 7.57. The van der Waals surface area contributed by atoms with Gasteiger partial charge in [-0.3, -0.25) is 19.6 Å². The maximum Gasteiger partial charge on any atom is 0.408 e. The number of nitrogens with one attached hydrogen (secondary N) is 3. The van der Waals surface area contributed by atoms with Crippen molar-refractivity contribution in [3.05, 3.63) is 0 Å². The van der Waals surface area contributed by atoms with Gasteiger partial charge in [-0.1, -0.05) is 0 Å². The van der Waals surface area contributed by atoms with Crippen molar-refractivity contribution in [2.45, 2.75) is 77.1 Å². The van der Waals surface area contributed by atoms with Gasteiger partial charge in [0.05, 0.1) is 6.04 Å². The molecule has 0 aliphatic rings. The van der Waals surface area contributed by atoms with Crippen LogP contribution in [0.15, 0.2) is 9.98 Å². The van der Waals surface area contributed by atoms with E-state index in [0.717, 1.165) is 0 Å². The lowest BCUT2D eigenvalue weighted by Gasteiger charge is -2.24. The van der Waals surface area contributed by atoms with Gasteiger partial charge in [0, 0.05) is 13.1 Å². The van der Waals surface area contributed by atoms with Crippen LogP contribution < -0.4 is 38.9 Å². The van der Waals surface area contributed by atoms with Crippen molar-refractivity contribution >= 4 is 36.1 Å². The molecule has 0 radical (unpaired) electrons. The Kier molecular flexibility index (Phi) is 13.7. The van der Waals surface area contributed by atoms with E-state index >= 15 is 0 Å². The predicted octanol–water partition coefficient (Wildman–Crippen LogP) is -1.82. The number of aliphatic imine (C=N–C) groups is 2. The van der Waals surface area contributed by atoms with Crippen LogP contribution >= 0.6 is 0 Å². The number of ether oxygens (including phenoxy) is 1. The zero-order valence-corrected chi connectivity index (χ0v) is 20.3. The average molecular weight is 486 g/mol. The third-order valence-electron chi connectivity index (χ3n) is 4.16. The molecule has 0 aromatic carbocycles. The Balaban J connectivity index is 4.99. The number of amides is 3. The number of carbonyl (C=O) groups excluding carboxylic acids is 4. The van der Waals surface area contributed by atoms with Gasteiger partial charge in [-0.15, -0.1) is 0 Å². The number of alkyl carbamates (subject to hydrolysis) is 1. The number of nitrogens with zero attached hydrogens (tertiary/aromatic N) is 2. The number of rotatable bonds is 14. The minimum atomic E-state index is -0.999. The maximum atomic E-state index is 12.8. The fourth-order valence-corrected chi connectivity index (χ4v) is 2.60. The van der Waals surface area contributed by atoms with E-state index in [1.54, 1.807) is 20.8 Å². The molecule has 1 unspecified atom stereocenters. The molecule has 14 heteroatoms. The summed E-state index contributed by atoms with van der Waals surface area (Å²) in [5.41, 5.74) is 20.3. The van der Waals surface area contributed by atoms with Gasteiger partial charge in [0.25, 0.3) is 0 Å². The van der Waals surface area contributed by atoms with Crippen LogP contribution in [0.2, 0.25) is 0 Å². The van der Waals surface area contributed by atoms with Gasteiger partial charge in [0.1, 0.15) is 24.0 Å². The summed E-state index contributed by atoms with van der Waals surface area (Å²) in [6.45, 7) is 7.08. The van der Waals surface area contributed by atoms with Gasteiger partial charge in [-0.05, 0) is 53.4 Å². The highest BCUT2D eigenvalue weighted by Gasteiger charge is 2.27. The van der Waals surface area contributed by atoms with Crippen molar-refractivity contribution in [2.24, 2.45) is 32.9 Å². The molecule has 34 heavy (non-hydrogen) atoms. The van der Waals surface area contributed by atoms with Gasteiger partial charge < -0.3 is 48.4 Å². The summed E-state index contributed by atoms with van der Waals surface area (Å²) in [6, 6.07) is -2.75. The van der Waals surface area contributed by atoms with E-state index in [4.69, 9.17) is 27.7 Å². The molecule has 0 bridgehead atoms. The molecule has 14 nitrogen and oxygen atoms in total. The molecule has 0 spiro atoms. The van der Waals surface area contributed by atoms with Crippen molar-refractivity contribution in [2.75, 3.05) is 13.1 Å². The number of carbonyl (C=O) groups is 4. The van der Waals surface area contributed by atoms with Crippen LogP contribution in [0, 0.1) is 0 Å². The van der Waals surface area contributed by atoms with Crippen molar-refractivity contribution in [1.82, 2.24) is 16.0 Å². The second kappa shape index (κ2) is 15.3. The molecule has 3 atom stereocenters. The smallest absolute Gasteiger partial charge is 0.408 e. The highest BCUT2D eigenvalue weighted by Crippen LogP contribution is 2.08. The van der Waals surface area contributed by atoms with E-state index in [2.05, 4.69) is 25.9 Å². The molecule has 194 valence electrons.